The van der Waals surface area contributed by atoms with Crippen LogP contribution in [0.5, 0.6) is 11.5 Å². The van der Waals surface area contributed by atoms with Crippen molar-refractivity contribution in [1.82, 2.24) is 0 Å². The summed E-state index contributed by atoms with van der Waals surface area (Å²) in [5, 5.41) is 1.94. The Morgan fingerprint density at radius 2 is 1.16 bits per heavy atom. The van der Waals surface area contributed by atoms with Crippen LogP contribution in [0.4, 0.5) is 0 Å². The van der Waals surface area contributed by atoms with Gasteiger partial charge in [-0.05, 0) is 60.0 Å². The van der Waals surface area contributed by atoms with E-state index >= 15 is 0 Å². The molecule has 3 rings (SSSR count). The molecule has 1 aromatic heterocycles. The maximum atomic E-state index is 12.3. The van der Waals surface area contributed by atoms with E-state index in [0.29, 0.717) is 46.3 Å². The minimum atomic E-state index is -0.672. The van der Waals surface area contributed by atoms with Gasteiger partial charge in [-0.2, -0.15) is 0 Å². The van der Waals surface area contributed by atoms with Gasteiger partial charge in [-0.25, -0.2) is 9.59 Å². The van der Waals surface area contributed by atoms with E-state index in [2.05, 4.69) is 0 Å². The zero-order valence-electron chi connectivity index (χ0n) is 14.3. The first-order valence-corrected chi connectivity index (χ1v) is 8.44. The van der Waals surface area contributed by atoms with Gasteiger partial charge in [0.1, 0.15) is 11.5 Å². The van der Waals surface area contributed by atoms with Crippen LogP contribution in [0.25, 0.3) is 21.5 Å². The quantitative estimate of drug-likeness (QED) is 0.681. The Morgan fingerprint density at radius 1 is 0.720 bits per heavy atom. The van der Waals surface area contributed by atoms with Crippen LogP contribution >= 0.6 is 0 Å². The van der Waals surface area contributed by atoms with Crippen molar-refractivity contribution >= 4 is 21.5 Å². The number of hydrogen-bond acceptors (Lipinski definition) is 5. The highest BCUT2D eigenvalue weighted by atomic mass is 16.5. The van der Waals surface area contributed by atoms with E-state index in [1.807, 2.05) is 13.8 Å². The number of ether oxygens (including phenoxy) is 2. The monoisotopic (exact) mass is 340 g/mol. The molecule has 1 heterocycles. The summed E-state index contributed by atoms with van der Waals surface area (Å²) >= 11 is 0. The molecule has 0 spiro atoms. The minimum Gasteiger partial charge on any atom is -0.494 e. The van der Waals surface area contributed by atoms with E-state index < -0.39 is 11.3 Å². The molecule has 0 saturated carbocycles. The van der Waals surface area contributed by atoms with Gasteiger partial charge in [-0.1, -0.05) is 13.8 Å². The van der Waals surface area contributed by atoms with Gasteiger partial charge in [-0.15, -0.1) is 0 Å². The first-order valence-electron chi connectivity index (χ1n) is 8.44. The van der Waals surface area contributed by atoms with Crippen LogP contribution in [0.1, 0.15) is 26.7 Å². The molecule has 130 valence electrons. The first kappa shape index (κ1) is 17.0. The van der Waals surface area contributed by atoms with Crippen LogP contribution in [-0.2, 0) is 0 Å². The highest BCUT2D eigenvalue weighted by Gasteiger charge is 2.10. The lowest BCUT2D eigenvalue weighted by Crippen LogP contribution is -2.05. The highest BCUT2D eigenvalue weighted by molar-refractivity contribution is 6.05. The van der Waals surface area contributed by atoms with Crippen molar-refractivity contribution in [3.63, 3.8) is 0 Å². The average molecular weight is 340 g/mol. The summed E-state index contributed by atoms with van der Waals surface area (Å²) in [4.78, 5) is 24.7. The normalized spacial score (nSPS) is 11.0. The fourth-order valence-corrected chi connectivity index (χ4v) is 2.67. The molecule has 5 heteroatoms. The lowest BCUT2D eigenvalue weighted by atomic mass is 10.1. The molecule has 0 bridgehead atoms. The predicted molar refractivity (Wildman–Crippen MR) is 97.8 cm³/mol. The van der Waals surface area contributed by atoms with Gasteiger partial charge in [0.15, 0.2) is 0 Å². The van der Waals surface area contributed by atoms with Crippen LogP contribution in [0.15, 0.2) is 50.4 Å². The van der Waals surface area contributed by atoms with Crippen molar-refractivity contribution in [2.24, 2.45) is 0 Å². The van der Waals surface area contributed by atoms with Crippen molar-refractivity contribution in [3.8, 4) is 11.5 Å². The zero-order valence-corrected chi connectivity index (χ0v) is 14.3. The summed E-state index contributed by atoms with van der Waals surface area (Å²) in [7, 11) is 0. The molecular formula is C20H20O5. The summed E-state index contributed by atoms with van der Waals surface area (Å²) in [6.07, 6.45) is 1.73. The number of fused-ring (bicyclic) bond motifs is 3. The van der Waals surface area contributed by atoms with Crippen LogP contribution in [0.3, 0.4) is 0 Å². The Labute approximate surface area is 144 Å². The SMILES string of the molecule is CCCOc1ccc2c(c1)c(=O)oc(=O)c1cc(OCCC)ccc12. The van der Waals surface area contributed by atoms with Gasteiger partial charge in [0.2, 0.25) is 0 Å². The Balaban J connectivity index is 2.26. The van der Waals surface area contributed by atoms with E-state index in [1.54, 1.807) is 36.4 Å². The smallest absolute Gasteiger partial charge is 0.346 e. The fraction of sp³-hybridized carbons (Fsp3) is 0.300. The topological polar surface area (TPSA) is 65.7 Å². The minimum absolute atomic E-state index is 0.322. The second kappa shape index (κ2) is 7.38. The second-order valence-corrected chi connectivity index (χ2v) is 5.79. The molecule has 0 aliphatic rings. The third-order valence-electron chi connectivity index (χ3n) is 3.84. The molecule has 3 aromatic rings. The summed E-state index contributed by atoms with van der Waals surface area (Å²) in [6, 6.07) is 10.4. The molecule has 0 saturated heterocycles. The molecular weight excluding hydrogens is 320 g/mol. The molecule has 0 unspecified atom stereocenters. The number of rotatable bonds is 6. The van der Waals surface area contributed by atoms with Crippen molar-refractivity contribution in [3.05, 3.63) is 57.2 Å². The molecule has 0 aliphatic carbocycles. The fourth-order valence-electron chi connectivity index (χ4n) is 2.67. The molecule has 25 heavy (non-hydrogen) atoms. The van der Waals surface area contributed by atoms with Crippen molar-refractivity contribution in [2.45, 2.75) is 26.7 Å². The van der Waals surface area contributed by atoms with E-state index in [9.17, 15) is 9.59 Å². The summed E-state index contributed by atoms with van der Waals surface area (Å²) < 4.78 is 16.1. The standard InChI is InChI=1S/C20H20O5/c1-3-9-23-13-5-7-15-16-8-6-14(24-10-4-2)12-18(16)20(22)25-19(21)17(15)11-13/h5-8,11-12H,3-4,9-10H2,1-2H3. The molecule has 5 nitrogen and oxygen atoms in total. The Bertz CT molecular complexity index is 938. The van der Waals surface area contributed by atoms with Gasteiger partial charge >= 0.3 is 11.3 Å². The third-order valence-corrected chi connectivity index (χ3v) is 3.84. The van der Waals surface area contributed by atoms with Crippen LogP contribution in [0, 0.1) is 0 Å². The molecule has 0 aliphatic heterocycles. The van der Waals surface area contributed by atoms with Crippen molar-refractivity contribution < 1.29 is 13.9 Å². The van der Waals surface area contributed by atoms with E-state index in [-0.39, 0.29) is 0 Å². The maximum Gasteiger partial charge on any atom is 0.346 e. The third kappa shape index (κ3) is 3.50. The lowest BCUT2D eigenvalue weighted by Gasteiger charge is -2.06. The molecule has 0 amide bonds. The summed E-state index contributed by atoms with van der Waals surface area (Å²) in [5.74, 6) is 1.16. The molecule has 2 aromatic carbocycles. The van der Waals surface area contributed by atoms with Crippen LogP contribution in [0.2, 0.25) is 0 Å². The number of benzene rings is 2. The lowest BCUT2D eigenvalue weighted by molar-refractivity contribution is 0.317. The molecule has 0 radical (unpaired) electrons. The summed E-state index contributed by atoms with van der Waals surface area (Å²) in [6.45, 7) is 5.12. The predicted octanol–water partition coefficient (Wildman–Crippen LogP) is 3.88. The van der Waals surface area contributed by atoms with E-state index in [4.69, 9.17) is 13.9 Å². The largest absolute Gasteiger partial charge is 0.494 e. The Morgan fingerprint density at radius 3 is 1.56 bits per heavy atom. The average Bonchev–Trinajstić information content (AvgIpc) is 2.73. The van der Waals surface area contributed by atoms with Crippen molar-refractivity contribution in [1.29, 1.82) is 0 Å². The van der Waals surface area contributed by atoms with Gasteiger partial charge in [0.05, 0.1) is 24.0 Å². The van der Waals surface area contributed by atoms with Gasteiger partial charge in [0, 0.05) is 0 Å². The molecule has 0 atom stereocenters. The van der Waals surface area contributed by atoms with Gasteiger partial charge < -0.3 is 13.9 Å². The maximum absolute atomic E-state index is 12.3. The highest BCUT2D eigenvalue weighted by Crippen LogP contribution is 2.26. The van der Waals surface area contributed by atoms with Gasteiger partial charge in [0.25, 0.3) is 0 Å². The Hall–Kier alpha value is -2.82. The van der Waals surface area contributed by atoms with E-state index in [0.717, 1.165) is 12.8 Å². The first-order chi connectivity index (χ1) is 12.1. The van der Waals surface area contributed by atoms with E-state index in [1.165, 1.54) is 0 Å². The van der Waals surface area contributed by atoms with Crippen molar-refractivity contribution in [2.75, 3.05) is 13.2 Å². The summed E-state index contributed by atoms with van der Waals surface area (Å²) in [5.41, 5.74) is -1.34. The Kier molecular flexibility index (Phi) is 5.03. The van der Waals surface area contributed by atoms with Crippen LogP contribution < -0.4 is 20.7 Å². The number of hydrogen-bond donors (Lipinski definition) is 0. The van der Waals surface area contributed by atoms with Crippen LogP contribution in [-0.4, -0.2) is 13.2 Å². The molecule has 0 N–H and O–H groups in total. The zero-order chi connectivity index (χ0) is 17.8. The van der Waals surface area contributed by atoms with Gasteiger partial charge in [-0.3, -0.25) is 0 Å². The molecule has 0 fully saturated rings. The second-order valence-electron chi connectivity index (χ2n) is 5.79.